The highest BCUT2D eigenvalue weighted by Crippen LogP contribution is 2.42. The molecular formula is C20H19N3O2S2. The molecule has 0 radical (unpaired) electrons. The van der Waals surface area contributed by atoms with Gasteiger partial charge in [0.15, 0.2) is 5.16 Å². The molecule has 1 aliphatic rings. The number of hydrogen-bond acceptors (Lipinski definition) is 5. The minimum atomic E-state index is -3.64. The molecule has 1 aliphatic heterocycles. The molecule has 0 aliphatic carbocycles. The Morgan fingerprint density at radius 2 is 1.81 bits per heavy atom. The number of para-hydroxylation sites is 1. The lowest BCUT2D eigenvalue weighted by atomic mass is 10.1. The van der Waals surface area contributed by atoms with Crippen LogP contribution in [0.3, 0.4) is 0 Å². The van der Waals surface area contributed by atoms with Gasteiger partial charge in [-0.15, -0.1) is 0 Å². The Kier molecular flexibility index (Phi) is 4.65. The summed E-state index contributed by atoms with van der Waals surface area (Å²) < 4.78 is 27.4. The number of nitrogens with zero attached hydrogens (tertiary/aromatic N) is 3. The number of rotatable bonds is 4. The zero-order valence-electron chi connectivity index (χ0n) is 15.1. The van der Waals surface area contributed by atoms with Crippen molar-refractivity contribution in [3.8, 4) is 11.3 Å². The Bertz CT molecular complexity index is 1110. The minimum Gasteiger partial charge on any atom is -0.266 e. The lowest BCUT2D eigenvalue weighted by Gasteiger charge is -2.30. The largest absolute Gasteiger partial charge is 0.268 e. The summed E-state index contributed by atoms with van der Waals surface area (Å²) in [6.45, 7) is 4.26. The summed E-state index contributed by atoms with van der Waals surface area (Å²) >= 11 is 1.51. The normalized spacial score (nSPS) is 14.5. The SMILES string of the molecule is CCN1c2ccccc2-c2nc(SCc3ccccc3C)ncc2S1(=O)=O. The Balaban J connectivity index is 1.75. The van der Waals surface area contributed by atoms with Gasteiger partial charge in [0.25, 0.3) is 10.0 Å². The van der Waals surface area contributed by atoms with Crippen molar-refractivity contribution in [3.63, 3.8) is 0 Å². The van der Waals surface area contributed by atoms with E-state index in [9.17, 15) is 8.42 Å². The predicted molar refractivity (Wildman–Crippen MR) is 108 cm³/mol. The molecule has 4 rings (SSSR count). The summed E-state index contributed by atoms with van der Waals surface area (Å²) in [6, 6.07) is 15.7. The second-order valence-electron chi connectivity index (χ2n) is 6.27. The topological polar surface area (TPSA) is 63.2 Å². The standard InChI is InChI=1S/C20H19N3O2S2/c1-3-23-17-11-7-6-10-16(17)19-18(27(23,24)25)12-21-20(22-19)26-13-15-9-5-4-8-14(15)2/h4-12H,3,13H2,1-2H3. The van der Waals surface area contributed by atoms with Crippen LogP contribution < -0.4 is 4.31 Å². The predicted octanol–water partition coefficient (Wildman–Crippen LogP) is 4.27. The second kappa shape index (κ2) is 6.98. The molecule has 7 heteroatoms. The maximum Gasteiger partial charge on any atom is 0.268 e. The molecule has 0 spiro atoms. The van der Waals surface area contributed by atoms with E-state index in [0.29, 0.717) is 23.1 Å². The summed E-state index contributed by atoms with van der Waals surface area (Å²) in [7, 11) is -3.64. The molecule has 0 bridgehead atoms. The monoisotopic (exact) mass is 397 g/mol. The average molecular weight is 398 g/mol. The number of hydrogen-bond donors (Lipinski definition) is 0. The van der Waals surface area contributed by atoms with Crippen LogP contribution >= 0.6 is 11.8 Å². The highest BCUT2D eigenvalue weighted by Gasteiger charge is 2.35. The summed E-state index contributed by atoms with van der Waals surface area (Å²) in [4.78, 5) is 9.10. The van der Waals surface area contributed by atoms with Crippen molar-refractivity contribution in [1.82, 2.24) is 9.97 Å². The molecule has 0 saturated heterocycles. The van der Waals surface area contributed by atoms with Crippen LogP contribution in [0.4, 0.5) is 5.69 Å². The highest BCUT2D eigenvalue weighted by atomic mass is 32.2. The van der Waals surface area contributed by atoms with Gasteiger partial charge in [0.1, 0.15) is 4.90 Å². The van der Waals surface area contributed by atoms with Crippen molar-refractivity contribution >= 4 is 27.5 Å². The van der Waals surface area contributed by atoms with Crippen molar-refractivity contribution in [2.45, 2.75) is 29.7 Å². The number of aryl methyl sites for hydroxylation is 1. The number of benzene rings is 2. The van der Waals surface area contributed by atoms with Gasteiger partial charge >= 0.3 is 0 Å². The zero-order valence-corrected chi connectivity index (χ0v) is 16.7. The molecule has 0 N–H and O–H groups in total. The van der Waals surface area contributed by atoms with E-state index in [1.807, 2.05) is 43.3 Å². The van der Waals surface area contributed by atoms with E-state index in [-0.39, 0.29) is 4.90 Å². The van der Waals surface area contributed by atoms with Crippen molar-refractivity contribution in [2.75, 3.05) is 10.8 Å². The third-order valence-electron chi connectivity index (χ3n) is 4.63. The average Bonchev–Trinajstić information content (AvgIpc) is 2.67. The first-order valence-electron chi connectivity index (χ1n) is 8.69. The van der Waals surface area contributed by atoms with Crippen LogP contribution in [0.1, 0.15) is 18.1 Å². The number of fused-ring (bicyclic) bond motifs is 3. The summed E-state index contributed by atoms with van der Waals surface area (Å²) in [6.07, 6.45) is 1.44. The molecule has 0 unspecified atom stereocenters. The van der Waals surface area contributed by atoms with Crippen molar-refractivity contribution < 1.29 is 8.42 Å². The third kappa shape index (κ3) is 3.11. The van der Waals surface area contributed by atoms with E-state index in [4.69, 9.17) is 0 Å². The first-order chi connectivity index (χ1) is 13.0. The van der Waals surface area contributed by atoms with Crippen LogP contribution in [0, 0.1) is 6.92 Å². The van der Waals surface area contributed by atoms with Gasteiger partial charge in [-0.2, -0.15) is 0 Å². The minimum absolute atomic E-state index is 0.170. The third-order valence-corrected chi connectivity index (χ3v) is 7.43. The zero-order chi connectivity index (χ0) is 19.0. The number of thioether (sulfide) groups is 1. The van der Waals surface area contributed by atoms with E-state index in [1.165, 1.54) is 33.4 Å². The number of aromatic nitrogens is 2. The van der Waals surface area contributed by atoms with Crippen LogP contribution in [-0.4, -0.2) is 24.9 Å². The first kappa shape index (κ1) is 18.0. The molecule has 2 aromatic carbocycles. The van der Waals surface area contributed by atoms with Gasteiger partial charge in [-0.1, -0.05) is 54.2 Å². The van der Waals surface area contributed by atoms with E-state index >= 15 is 0 Å². The number of anilines is 1. The Morgan fingerprint density at radius 1 is 1.07 bits per heavy atom. The first-order valence-corrected chi connectivity index (χ1v) is 11.1. The van der Waals surface area contributed by atoms with Crippen molar-refractivity contribution in [2.24, 2.45) is 0 Å². The van der Waals surface area contributed by atoms with E-state index < -0.39 is 10.0 Å². The lowest BCUT2D eigenvalue weighted by Crippen LogP contribution is -2.34. The fraction of sp³-hybridized carbons (Fsp3) is 0.200. The molecule has 0 atom stereocenters. The van der Waals surface area contributed by atoms with Crippen molar-refractivity contribution in [1.29, 1.82) is 0 Å². The quantitative estimate of drug-likeness (QED) is 0.486. The van der Waals surface area contributed by atoms with Gasteiger partial charge in [-0.05, 0) is 31.0 Å². The summed E-state index contributed by atoms with van der Waals surface area (Å²) in [5.74, 6) is 0.737. The van der Waals surface area contributed by atoms with E-state index in [0.717, 1.165) is 11.3 Å². The van der Waals surface area contributed by atoms with Crippen LogP contribution in [0.2, 0.25) is 0 Å². The Hall–Kier alpha value is -2.38. The smallest absolute Gasteiger partial charge is 0.266 e. The molecule has 1 aromatic heterocycles. The van der Waals surface area contributed by atoms with Gasteiger partial charge in [0, 0.05) is 17.9 Å². The number of sulfonamides is 1. The molecule has 138 valence electrons. The molecule has 0 amide bonds. The summed E-state index contributed by atoms with van der Waals surface area (Å²) in [5.41, 5.74) is 4.41. The molecule has 0 saturated carbocycles. The van der Waals surface area contributed by atoms with Gasteiger partial charge in [-0.25, -0.2) is 18.4 Å². The van der Waals surface area contributed by atoms with Gasteiger partial charge < -0.3 is 0 Å². The molecule has 3 aromatic rings. The van der Waals surface area contributed by atoms with Gasteiger partial charge in [-0.3, -0.25) is 4.31 Å². The van der Waals surface area contributed by atoms with Crippen LogP contribution in [0.25, 0.3) is 11.3 Å². The maximum absolute atomic E-state index is 13.0. The van der Waals surface area contributed by atoms with Gasteiger partial charge in [0.05, 0.1) is 17.6 Å². The van der Waals surface area contributed by atoms with E-state index in [1.54, 1.807) is 0 Å². The van der Waals surface area contributed by atoms with Crippen LogP contribution in [0.5, 0.6) is 0 Å². The maximum atomic E-state index is 13.0. The summed E-state index contributed by atoms with van der Waals surface area (Å²) in [5, 5.41) is 0.576. The van der Waals surface area contributed by atoms with Gasteiger partial charge in [0.2, 0.25) is 0 Å². The Labute approximate surface area is 163 Å². The lowest BCUT2D eigenvalue weighted by molar-refractivity contribution is 0.589. The van der Waals surface area contributed by atoms with Crippen LogP contribution in [0.15, 0.2) is 64.8 Å². The molecule has 27 heavy (non-hydrogen) atoms. The molecule has 5 nitrogen and oxygen atoms in total. The fourth-order valence-corrected chi connectivity index (χ4v) is 5.67. The molecule has 2 heterocycles. The Morgan fingerprint density at radius 3 is 2.59 bits per heavy atom. The highest BCUT2D eigenvalue weighted by molar-refractivity contribution is 7.98. The molecular weight excluding hydrogens is 378 g/mol. The fourth-order valence-electron chi connectivity index (χ4n) is 3.20. The molecule has 0 fully saturated rings. The van der Waals surface area contributed by atoms with Crippen molar-refractivity contribution in [3.05, 3.63) is 65.9 Å². The van der Waals surface area contributed by atoms with E-state index in [2.05, 4.69) is 29.0 Å². The van der Waals surface area contributed by atoms with Crippen LogP contribution in [-0.2, 0) is 15.8 Å². The second-order valence-corrected chi connectivity index (χ2v) is 9.04.